The van der Waals surface area contributed by atoms with Gasteiger partial charge in [0.1, 0.15) is 11.1 Å². The molecule has 23 heteroatoms. The van der Waals surface area contributed by atoms with Gasteiger partial charge in [0.05, 0.1) is 54.1 Å². The molecule has 4 aromatic carbocycles. The Morgan fingerprint density at radius 2 is 1.07 bits per heavy atom. The minimum absolute atomic E-state index is 0.0187. The van der Waals surface area contributed by atoms with Crippen molar-refractivity contribution in [2.24, 2.45) is 0 Å². The molecule has 6 aromatic rings. The fourth-order valence-corrected chi connectivity index (χ4v) is 10.2. The van der Waals surface area contributed by atoms with E-state index < -0.39 is 79.1 Å². The highest BCUT2D eigenvalue weighted by Gasteiger charge is 2.33. The van der Waals surface area contributed by atoms with Crippen LogP contribution in [0.1, 0.15) is 61.6 Å². The molecule has 0 spiro atoms. The summed E-state index contributed by atoms with van der Waals surface area (Å²) in [5, 5.41) is 21.0. The molecule has 2 atom stereocenters. The molecular weight excluding hydrogens is 1020 g/mol. The third-order valence-electron chi connectivity index (χ3n) is 11.8. The molecular formula is C52H53F6N9O6S2. The fraction of sp³-hybridized carbons (Fsp3) is 0.288. The number of alkyl halides is 6. The van der Waals surface area contributed by atoms with Crippen LogP contribution in [0.2, 0.25) is 0 Å². The van der Waals surface area contributed by atoms with Crippen molar-refractivity contribution in [2.45, 2.75) is 58.6 Å². The number of carbonyl (C=O) groups excluding carboxylic acids is 2. The summed E-state index contributed by atoms with van der Waals surface area (Å²) in [6.45, 7) is 6.44. The number of nitriles is 1. The van der Waals surface area contributed by atoms with Crippen LogP contribution < -0.4 is 38.1 Å². The van der Waals surface area contributed by atoms with Crippen LogP contribution in [0.4, 0.5) is 32.0 Å². The zero-order valence-electron chi connectivity index (χ0n) is 40.9. The van der Waals surface area contributed by atoms with E-state index in [-0.39, 0.29) is 50.5 Å². The first-order valence-corrected chi connectivity index (χ1v) is 25.6. The minimum atomic E-state index is -4.72. The van der Waals surface area contributed by atoms with Gasteiger partial charge in [0.25, 0.3) is 22.9 Å². The first kappa shape index (κ1) is 57.1. The van der Waals surface area contributed by atoms with E-state index in [1.807, 2.05) is 13.1 Å². The summed E-state index contributed by atoms with van der Waals surface area (Å²) in [5.74, 6) is -1.60. The molecule has 0 aliphatic heterocycles. The molecule has 75 heavy (non-hydrogen) atoms. The van der Waals surface area contributed by atoms with Gasteiger partial charge in [-0.3, -0.25) is 28.3 Å². The van der Waals surface area contributed by atoms with Gasteiger partial charge in [-0.15, -0.1) is 0 Å². The van der Waals surface area contributed by atoms with Gasteiger partial charge in [-0.05, 0) is 150 Å². The van der Waals surface area contributed by atoms with Gasteiger partial charge >= 0.3 is 12.4 Å². The average Bonchev–Trinajstić information content (AvgIpc) is 3.37. The van der Waals surface area contributed by atoms with Crippen LogP contribution in [0.15, 0.2) is 138 Å². The molecule has 2 unspecified atom stereocenters. The average molecular weight is 1080 g/mol. The summed E-state index contributed by atoms with van der Waals surface area (Å²) < 4.78 is 112. The Morgan fingerprint density at radius 3 is 1.55 bits per heavy atom. The van der Waals surface area contributed by atoms with Crippen LogP contribution in [-0.4, -0.2) is 93.7 Å². The van der Waals surface area contributed by atoms with Gasteiger partial charge in [0.15, 0.2) is 0 Å². The first-order chi connectivity index (χ1) is 35.6. The van der Waals surface area contributed by atoms with E-state index in [0.717, 1.165) is 52.0 Å². The number of aromatic nitrogens is 2. The third kappa shape index (κ3) is 14.5. The van der Waals surface area contributed by atoms with Gasteiger partial charge in [0, 0.05) is 71.0 Å². The Kier molecular flexibility index (Phi) is 19.3. The Hall–Kier alpha value is -7.23. The molecule has 6 N–H and O–H groups in total. The molecule has 0 aliphatic rings. The summed E-state index contributed by atoms with van der Waals surface area (Å²) in [5.41, 5.74) is 1.68. The maximum absolute atomic E-state index is 13.8. The Balaban J connectivity index is 0.961. The van der Waals surface area contributed by atoms with Crippen molar-refractivity contribution in [1.29, 1.82) is 5.26 Å². The largest absolute Gasteiger partial charge is 0.416 e. The summed E-state index contributed by atoms with van der Waals surface area (Å²) >= 11 is 0. The second kappa shape index (κ2) is 25.3. The van der Waals surface area contributed by atoms with Gasteiger partial charge < -0.3 is 31.9 Å². The molecule has 0 bridgehead atoms. The van der Waals surface area contributed by atoms with Crippen LogP contribution in [0.25, 0.3) is 11.4 Å². The standard InChI is InChI=1S/C52H53F6N9O6S2/c1-33-45(74(72)41-16-12-35(32-59)13-17-41)30-43(49(70)66(33)39-10-4-8-36(28-39)51(53,54)55)47(68)63-22-6-20-62-25-27-65(3)26-7-21-61-23-24-64-48(69)44-31-46(75(73)42-18-14-38(60)15-19-42)34(2)67(50(44)71)40-11-5-9-37(29-40)52(56,57)58/h4-5,8-19,28-31,61-62H,6-7,20-27,60H2,1-3H3,(H,63,68)(H,64,69). The third-order valence-corrected chi connectivity index (χ3v) is 14.8. The SMILES string of the molecule is Cc1c(S(=O)c2ccc(C#N)cc2)cc(C(=O)NCCCNCCN(C)CCCNCCNC(=O)c2cc(S(=O)c3ccc(N)cc3)c(C)n(-c3cccc(C(F)(F)F)c3)c2=O)c(=O)n1-c1cccc(C(F)(F)F)c1. The van der Waals surface area contributed by atoms with E-state index >= 15 is 0 Å². The lowest BCUT2D eigenvalue weighted by atomic mass is 10.1. The maximum atomic E-state index is 13.8. The zero-order valence-corrected chi connectivity index (χ0v) is 42.5. The second-order valence-electron chi connectivity index (χ2n) is 17.2. The highest BCUT2D eigenvalue weighted by atomic mass is 32.2. The number of halogens is 6. The van der Waals surface area contributed by atoms with Crippen molar-refractivity contribution in [2.75, 3.05) is 65.1 Å². The van der Waals surface area contributed by atoms with Crippen LogP contribution in [-0.2, 0) is 34.0 Å². The Morgan fingerprint density at radius 1 is 0.613 bits per heavy atom. The van der Waals surface area contributed by atoms with E-state index in [2.05, 4.69) is 26.2 Å². The number of nitrogens with one attached hydrogen (secondary N) is 4. The minimum Gasteiger partial charge on any atom is -0.399 e. The highest BCUT2D eigenvalue weighted by molar-refractivity contribution is 7.85. The lowest BCUT2D eigenvalue weighted by Gasteiger charge is -2.18. The first-order valence-electron chi connectivity index (χ1n) is 23.3. The fourth-order valence-electron chi connectivity index (χ4n) is 7.80. The summed E-state index contributed by atoms with van der Waals surface area (Å²) in [6, 6.07) is 24.3. The number of hydrogen-bond acceptors (Lipinski definition) is 11. The highest BCUT2D eigenvalue weighted by Crippen LogP contribution is 2.33. The van der Waals surface area contributed by atoms with Gasteiger partial charge in [0.2, 0.25) is 0 Å². The van der Waals surface area contributed by atoms with Gasteiger partial charge in [-0.2, -0.15) is 31.6 Å². The Labute approximate surface area is 432 Å². The molecule has 0 fully saturated rings. The van der Waals surface area contributed by atoms with Crippen molar-refractivity contribution in [3.63, 3.8) is 0 Å². The second-order valence-corrected chi connectivity index (χ2v) is 20.1. The van der Waals surface area contributed by atoms with Crippen molar-refractivity contribution < 1.29 is 44.3 Å². The number of nitrogen functional groups attached to an aromatic ring is 1. The number of hydrogen-bond donors (Lipinski definition) is 5. The molecule has 6 rings (SSSR count). The van der Waals surface area contributed by atoms with Crippen LogP contribution in [0, 0.1) is 25.2 Å². The van der Waals surface area contributed by atoms with E-state index in [0.29, 0.717) is 61.8 Å². The maximum Gasteiger partial charge on any atom is 0.416 e. The van der Waals surface area contributed by atoms with E-state index in [4.69, 9.17) is 5.73 Å². The van der Waals surface area contributed by atoms with Crippen molar-refractivity contribution in [3.05, 3.63) is 169 Å². The van der Waals surface area contributed by atoms with Crippen molar-refractivity contribution >= 4 is 39.1 Å². The van der Waals surface area contributed by atoms with Crippen molar-refractivity contribution in [3.8, 4) is 17.4 Å². The monoisotopic (exact) mass is 1080 g/mol. The molecule has 2 amide bonds. The summed E-state index contributed by atoms with van der Waals surface area (Å²) in [4.78, 5) is 57.2. The number of pyridine rings is 2. The summed E-state index contributed by atoms with van der Waals surface area (Å²) in [6.07, 6.45) is -8.25. The van der Waals surface area contributed by atoms with E-state index in [1.54, 1.807) is 0 Å². The number of nitrogens with two attached hydrogens (primary N) is 1. The van der Waals surface area contributed by atoms with Gasteiger partial charge in [-0.1, -0.05) is 12.1 Å². The predicted octanol–water partition coefficient (Wildman–Crippen LogP) is 6.48. The van der Waals surface area contributed by atoms with Crippen LogP contribution in [0.5, 0.6) is 0 Å². The lowest BCUT2D eigenvalue weighted by molar-refractivity contribution is -0.138. The number of carbonyl (C=O) groups is 2. The molecule has 0 aliphatic carbocycles. The quantitative estimate of drug-likeness (QED) is 0.0282. The molecule has 0 radical (unpaired) electrons. The zero-order chi connectivity index (χ0) is 54.6. The number of rotatable bonds is 22. The topological polar surface area (TPSA) is 213 Å². The number of benzene rings is 4. The number of nitrogens with zero attached hydrogens (tertiary/aromatic N) is 4. The number of likely N-dealkylation sites (N-methyl/N-ethyl adjacent to an activating group) is 1. The molecule has 396 valence electrons. The summed E-state index contributed by atoms with van der Waals surface area (Å²) in [7, 11) is -2.01. The molecule has 2 aromatic heterocycles. The predicted molar refractivity (Wildman–Crippen MR) is 272 cm³/mol. The van der Waals surface area contributed by atoms with Crippen LogP contribution in [0.3, 0.4) is 0 Å². The Bertz CT molecular complexity index is 3250. The van der Waals surface area contributed by atoms with E-state index in [9.17, 15) is 59.2 Å². The lowest BCUT2D eigenvalue weighted by Crippen LogP contribution is -2.37. The molecule has 15 nitrogen and oxygen atoms in total. The van der Waals surface area contributed by atoms with E-state index in [1.165, 1.54) is 86.6 Å². The normalized spacial score (nSPS) is 12.5. The number of anilines is 1. The van der Waals surface area contributed by atoms with Gasteiger partial charge in [-0.25, -0.2) is 8.42 Å². The number of amides is 2. The van der Waals surface area contributed by atoms with Crippen LogP contribution >= 0.6 is 0 Å². The molecule has 0 saturated carbocycles. The smallest absolute Gasteiger partial charge is 0.399 e. The molecule has 0 saturated heterocycles. The van der Waals surface area contributed by atoms with Crippen molar-refractivity contribution in [1.82, 2.24) is 35.3 Å². The molecule has 2 heterocycles.